The third-order valence-corrected chi connectivity index (χ3v) is 6.62. The van der Waals surface area contributed by atoms with Crippen molar-refractivity contribution in [3.8, 4) is 0 Å². The van der Waals surface area contributed by atoms with Gasteiger partial charge in [-0.2, -0.15) is 11.8 Å². The van der Waals surface area contributed by atoms with Crippen molar-refractivity contribution in [1.82, 2.24) is 5.32 Å². The van der Waals surface area contributed by atoms with Crippen molar-refractivity contribution in [3.63, 3.8) is 0 Å². The zero-order valence-corrected chi connectivity index (χ0v) is 13.9. The average Bonchev–Trinajstić information content (AvgIpc) is 2.38. The Balaban J connectivity index is 1.94. The van der Waals surface area contributed by atoms with Gasteiger partial charge in [0.05, 0.1) is 11.5 Å². The minimum absolute atomic E-state index is 0.0857. The highest BCUT2D eigenvalue weighted by molar-refractivity contribution is 7.98. The summed E-state index contributed by atoms with van der Waals surface area (Å²) in [5, 5.41) is 4.43. The Kier molecular flexibility index (Phi) is 5.78. The Hall–Kier alpha value is -0.230. The Labute approximate surface area is 130 Å². The van der Waals surface area contributed by atoms with Crippen LogP contribution >= 0.6 is 23.4 Å². The first-order valence-corrected chi connectivity index (χ1v) is 10.2. The van der Waals surface area contributed by atoms with E-state index in [4.69, 9.17) is 11.6 Å². The van der Waals surface area contributed by atoms with Crippen molar-refractivity contribution < 1.29 is 8.42 Å². The Morgan fingerprint density at radius 1 is 1.50 bits per heavy atom. The lowest BCUT2D eigenvalue weighted by Gasteiger charge is -2.25. The molecule has 0 aromatic heterocycles. The summed E-state index contributed by atoms with van der Waals surface area (Å²) in [6.45, 7) is 0.766. The van der Waals surface area contributed by atoms with Gasteiger partial charge in [0, 0.05) is 22.9 Å². The highest BCUT2D eigenvalue weighted by Gasteiger charge is 2.25. The van der Waals surface area contributed by atoms with Crippen LogP contribution in [0.15, 0.2) is 24.3 Å². The van der Waals surface area contributed by atoms with Crippen molar-refractivity contribution in [2.24, 2.45) is 0 Å². The summed E-state index contributed by atoms with van der Waals surface area (Å²) >= 11 is 7.77. The molecule has 112 valence electrons. The number of hydrogen-bond acceptors (Lipinski definition) is 4. The van der Waals surface area contributed by atoms with Gasteiger partial charge in [-0.3, -0.25) is 0 Å². The molecule has 1 aliphatic heterocycles. The minimum Gasteiger partial charge on any atom is -0.312 e. The predicted molar refractivity (Wildman–Crippen MR) is 87.4 cm³/mol. The highest BCUT2D eigenvalue weighted by Crippen LogP contribution is 2.28. The molecule has 6 heteroatoms. The number of hydrogen-bond donors (Lipinski definition) is 1. The van der Waals surface area contributed by atoms with Crippen LogP contribution < -0.4 is 5.32 Å². The number of benzene rings is 1. The first kappa shape index (κ1) is 16.1. The van der Waals surface area contributed by atoms with Crippen LogP contribution in [0.5, 0.6) is 0 Å². The molecule has 2 rings (SSSR count). The monoisotopic (exact) mass is 333 g/mol. The summed E-state index contributed by atoms with van der Waals surface area (Å²) in [6.07, 6.45) is 3.77. The summed E-state index contributed by atoms with van der Waals surface area (Å²) in [5.41, 5.74) is 1.18. The van der Waals surface area contributed by atoms with Crippen LogP contribution in [-0.4, -0.2) is 38.8 Å². The molecule has 1 fully saturated rings. The first-order valence-electron chi connectivity index (χ1n) is 6.72. The third kappa shape index (κ3) is 4.65. The van der Waals surface area contributed by atoms with Gasteiger partial charge in [-0.1, -0.05) is 23.7 Å². The van der Waals surface area contributed by atoms with Crippen molar-refractivity contribution in [2.75, 3.05) is 24.3 Å². The molecule has 0 unspecified atom stereocenters. The lowest BCUT2D eigenvalue weighted by atomic mass is 10.1. The van der Waals surface area contributed by atoms with Crippen LogP contribution in [0, 0.1) is 0 Å². The maximum atomic E-state index is 11.6. The molecule has 3 nitrogen and oxygen atoms in total. The highest BCUT2D eigenvalue weighted by atomic mass is 35.5. The lowest BCUT2D eigenvalue weighted by Crippen LogP contribution is -2.41. The number of nitrogens with one attached hydrogen (secondary N) is 1. The maximum absolute atomic E-state index is 11.6. The molecule has 0 bridgehead atoms. The molecule has 2 atom stereocenters. The number of rotatable bonds is 5. The summed E-state index contributed by atoms with van der Waals surface area (Å²) in [6, 6.07) is 7.94. The molecule has 20 heavy (non-hydrogen) atoms. The van der Waals surface area contributed by atoms with Crippen LogP contribution in [0.1, 0.15) is 23.7 Å². The SMILES string of the molecule is CS[C@@H](CN[C@@H]1CCCS(=O)(=O)C1)c1cccc(Cl)c1. The molecule has 0 aliphatic carbocycles. The quantitative estimate of drug-likeness (QED) is 0.900. The van der Waals surface area contributed by atoms with Crippen LogP contribution in [0.4, 0.5) is 0 Å². The van der Waals surface area contributed by atoms with Gasteiger partial charge in [0.1, 0.15) is 0 Å². The molecule has 0 radical (unpaired) electrons. The van der Waals surface area contributed by atoms with Crippen LogP contribution in [0.3, 0.4) is 0 Å². The van der Waals surface area contributed by atoms with E-state index in [9.17, 15) is 8.42 Å². The largest absolute Gasteiger partial charge is 0.312 e. The summed E-state index contributed by atoms with van der Waals surface area (Å²) in [5.74, 6) is 0.606. The fourth-order valence-corrected chi connectivity index (χ4v) is 5.05. The zero-order valence-electron chi connectivity index (χ0n) is 11.5. The van der Waals surface area contributed by atoms with E-state index in [1.165, 1.54) is 5.56 Å². The van der Waals surface area contributed by atoms with Gasteiger partial charge < -0.3 is 5.32 Å². The second-order valence-corrected chi connectivity index (χ2v) is 8.85. The number of sulfone groups is 1. The molecule has 1 aromatic carbocycles. The van der Waals surface area contributed by atoms with E-state index in [0.717, 1.165) is 24.4 Å². The van der Waals surface area contributed by atoms with Gasteiger partial charge in [-0.15, -0.1) is 0 Å². The van der Waals surface area contributed by atoms with Crippen molar-refractivity contribution in [1.29, 1.82) is 0 Å². The van der Waals surface area contributed by atoms with Gasteiger partial charge in [-0.25, -0.2) is 8.42 Å². The third-order valence-electron chi connectivity index (χ3n) is 3.56. The van der Waals surface area contributed by atoms with E-state index < -0.39 is 9.84 Å². The first-order chi connectivity index (χ1) is 9.50. The lowest BCUT2D eigenvalue weighted by molar-refractivity contribution is 0.482. The maximum Gasteiger partial charge on any atom is 0.151 e. The van der Waals surface area contributed by atoms with Crippen LogP contribution in [0.2, 0.25) is 5.02 Å². The van der Waals surface area contributed by atoms with E-state index >= 15 is 0 Å². The van der Waals surface area contributed by atoms with Crippen molar-refractivity contribution in [2.45, 2.75) is 24.1 Å². The second kappa shape index (κ2) is 7.16. The van der Waals surface area contributed by atoms with Crippen LogP contribution in [-0.2, 0) is 9.84 Å². The molecular formula is C14H20ClNO2S2. The molecule has 0 amide bonds. The molecular weight excluding hydrogens is 314 g/mol. The standard InChI is InChI=1S/C14H20ClNO2S2/c1-19-14(11-4-2-5-12(15)8-11)9-16-13-6-3-7-20(17,18)10-13/h2,4-5,8,13-14,16H,3,6-7,9-10H2,1H3/t13-,14+/m1/s1. The molecule has 0 spiro atoms. The predicted octanol–water partition coefficient (Wildman–Crippen LogP) is 2.91. The van der Waals surface area contributed by atoms with Crippen LogP contribution in [0.25, 0.3) is 0 Å². The van der Waals surface area contributed by atoms with Gasteiger partial charge >= 0.3 is 0 Å². The summed E-state index contributed by atoms with van der Waals surface area (Å²) < 4.78 is 23.3. The summed E-state index contributed by atoms with van der Waals surface area (Å²) in [7, 11) is -2.85. The van der Waals surface area contributed by atoms with Gasteiger partial charge in [0.2, 0.25) is 0 Å². The van der Waals surface area contributed by atoms with Gasteiger partial charge in [0.15, 0.2) is 9.84 Å². The van der Waals surface area contributed by atoms with Gasteiger partial charge in [-0.05, 0) is 36.8 Å². The molecule has 0 saturated carbocycles. The van der Waals surface area contributed by atoms with E-state index in [0.29, 0.717) is 11.0 Å². The molecule has 1 N–H and O–H groups in total. The number of halogens is 1. The van der Waals surface area contributed by atoms with Gasteiger partial charge in [0.25, 0.3) is 0 Å². The molecule has 1 heterocycles. The fourth-order valence-electron chi connectivity index (χ4n) is 2.50. The molecule has 1 aliphatic rings. The molecule has 1 aromatic rings. The average molecular weight is 334 g/mol. The van der Waals surface area contributed by atoms with E-state index in [1.54, 1.807) is 11.8 Å². The minimum atomic E-state index is -2.85. The summed E-state index contributed by atoms with van der Waals surface area (Å²) in [4.78, 5) is 0. The second-order valence-electron chi connectivity index (χ2n) is 5.14. The molecule has 1 saturated heterocycles. The fraction of sp³-hybridized carbons (Fsp3) is 0.571. The van der Waals surface area contributed by atoms with E-state index in [1.807, 2.05) is 18.2 Å². The smallest absolute Gasteiger partial charge is 0.151 e. The number of thioether (sulfide) groups is 1. The topological polar surface area (TPSA) is 46.2 Å². The Morgan fingerprint density at radius 3 is 2.95 bits per heavy atom. The normalized spacial score (nSPS) is 23.4. The Morgan fingerprint density at radius 2 is 2.30 bits per heavy atom. The van der Waals surface area contributed by atoms with Crippen molar-refractivity contribution >= 4 is 33.2 Å². The van der Waals surface area contributed by atoms with E-state index in [2.05, 4.69) is 17.6 Å². The van der Waals surface area contributed by atoms with Crippen molar-refractivity contribution in [3.05, 3.63) is 34.9 Å². The Bertz CT molecular complexity index is 548. The zero-order chi connectivity index (χ0) is 14.6. The van der Waals surface area contributed by atoms with E-state index in [-0.39, 0.29) is 11.8 Å².